The molecule has 0 aliphatic rings. The molecule has 3 N–H and O–H groups in total. The first-order valence-corrected chi connectivity index (χ1v) is 7.85. The predicted octanol–water partition coefficient (Wildman–Crippen LogP) is 2.58. The Morgan fingerprint density at radius 3 is 2.65 bits per heavy atom. The number of hydrogen-bond acceptors (Lipinski definition) is 3. The lowest BCUT2D eigenvalue weighted by Gasteiger charge is -2.15. The van der Waals surface area contributed by atoms with Gasteiger partial charge in [0.1, 0.15) is 6.04 Å². The largest absolute Gasteiger partial charge is 0.480 e. The molecule has 0 radical (unpaired) electrons. The van der Waals surface area contributed by atoms with E-state index in [2.05, 4.69) is 10.6 Å². The molecule has 20 heavy (non-hydrogen) atoms. The molecule has 0 saturated carbocycles. The predicted molar refractivity (Wildman–Crippen MR) is 82.4 cm³/mol. The number of aryl methyl sites for hydroxylation is 1. The van der Waals surface area contributed by atoms with Gasteiger partial charge in [0, 0.05) is 5.69 Å². The Hall–Kier alpha value is -1.69. The molecule has 1 atom stereocenters. The van der Waals surface area contributed by atoms with E-state index in [1.165, 1.54) is 0 Å². The van der Waals surface area contributed by atoms with Crippen LogP contribution in [0.1, 0.15) is 18.9 Å². The van der Waals surface area contributed by atoms with Crippen LogP contribution in [0.15, 0.2) is 24.3 Å². The molecule has 6 heteroatoms. The normalized spacial score (nSPS) is 11.7. The van der Waals surface area contributed by atoms with Crippen LogP contribution in [0, 0.1) is 0 Å². The number of carbonyl (C=O) groups excluding carboxylic acids is 1. The summed E-state index contributed by atoms with van der Waals surface area (Å²) in [5.74, 6) is -0.332. The monoisotopic (exact) mass is 296 g/mol. The van der Waals surface area contributed by atoms with Gasteiger partial charge in [-0.25, -0.2) is 9.59 Å². The first-order valence-electron chi connectivity index (χ1n) is 6.45. The number of hydrogen-bond donors (Lipinski definition) is 3. The van der Waals surface area contributed by atoms with Gasteiger partial charge in [0.05, 0.1) is 0 Å². The Balaban J connectivity index is 2.63. The molecule has 0 spiro atoms. The summed E-state index contributed by atoms with van der Waals surface area (Å²) in [5.41, 5.74) is 1.72. The Labute approximate surface area is 123 Å². The second kappa shape index (κ2) is 8.47. The van der Waals surface area contributed by atoms with Crippen molar-refractivity contribution >= 4 is 29.4 Å². The molecule has 0 bridgehead atoms. The molecule has 1 rings (SSSR count). The Morgan fingerprint density at radius 2 is 2.05 bits per heavy atom. The number of nitrogens with one attached hydrogen (secondary N) is 2. The van der Waals surface area contributed by atoms with E-state index in [4.69, 9.17) is 5.11 Å². The summed E-state index contributed by atoms with van der Waals surface area (Å²) >= 11 is 1.55. The topological polar surface area (TPSA) is 78.4 Å². The van der Waals surface area contributed by atoms with Gasteiger partial charge >= 0.3 is 12.0 Å². The lowest BCUT2D eigenvalue weighted by molar-refractivity contribution is -0.139. The van der Waals surface area contributed by atoms with Gasteiger partial charge in [-0.05, 0) is 36.5 Å². The van der Waals surface area contributed by atoms with Gasteiger partial charge in [-0.3, -0.25) is 0 Å². The number of aliphatic carboxylic acids is 1. The highest BCUT2D eigenvalue weighted by atomic mass is 32.2. The Kier molecular flexibility index (Phi) is 6.93. The number of para-hydroxylation sites is 1. The molecule has 0 aliphatic heterocycles. The fraction of sp³-hybridized carbons (Fsp3) is 0.429. The smallest absolute Gasteiger partial charge is 0.326 e. The summed E-state index contributed by atoms with van der Waals surface area (Å²) < 4.78 is 0. The van der Waals surface area contributed by atoms with E-state index in [0.29, 0.717) is 17.9 Å². The van der Waals surface area contributed by atoms with Crippen LogP contribution in [0.2, 0.25) is 0 Å². The number of amides is 2. The number of rotatable bonds is 7. The van der Waals surface area contributed by atoms with Crippen LogP contribution in [0.25, 0.3) is 0 Å². The van der Waals surface area contributed by atoms with Gasteiger partial charge in [0.2, 0.25) is 0 Å². The van der Waals surface area contributed by atoms with Gasteiger partial charge < -0.3 is 15.7 Å². The van der Waals surface area contributed by atoms with Crippen molar-refractivity contribution in [3.8, 4) is 0 Å². The van der Waals surface area contributed by atoms with Crippen LogP contribution in [0.3, 0.4) is 0 Å². The minimum absolute atomic E-state index is 0.402. The van der Waals surface area contributed by atoms with Crippen LogP contribution in [0.4, 0.5) is 10.5 Å². The summed E-state index contributed by atoms with van der Waals surface area (Å²) in [5, 5.41) is 14.3. The molecule has 1 aromatic rings. The van der Waals surface area contributed by atoms with E-state index < -0.39 is 18.0 Å². The molecule has 0 aromatic heterocycles. The molecule has 0 aliphatic carbocycles. The van der Waals surface area contributed by atoms with Gasteiger partial charge in [0.15, 0.2) is 0 Å². The van der Waals surface area contributed by atoms with E-state index in [9.17, 15) is 9.59 Å². The van der Waals surface area contributed by atoms with E-state index in [0.717, 1.165) is 12.0 Å². The number of carboxylic acid groups (broad SMARTS) is 1. The highest BCUT2D eigenvalue weighted by Gasteiger charge is 2.19. The summed E-state index contributed by atoms with van der Waals surface area (Å²) in [7, 11) is 0. The van der Waals surface area contributed by atoms with Gasteiger partial charge in [0.25, 0.3) is 0 Å². The number of anilines is 1. The molecule has 5 nitrogen and oxygen atoms in total. The van der Waals surface area contributed by atoms with E-state index in [-0.39, 0.29) is 0 Å². The lowest BCUT2D eigenvalue weighted by Crippen LogP contribution is -2.43. The van der Waals surface area contributed by atoms with Crippen molar-refractivity contribution in [2.24, 2.45) is 0 Å². The number of benzene rings is 1. The van der Waals surface area contributed by atoms with Crippen molar-refractivity contribution in [2.75, 3.05) is 17.3 Å². The molecule has 0 saturated heterocycles. The quantitative estimate of drug-likeness (QED) is 0.722. The van der Waals surface area contributed by atoms with Crippen LogP contribution < -0.4 is 10.6 Å². The SMILES string of the molecule is CCc1ccccc1NC(=O)N[C@@H](CCSC)C(=O)O. The molecule has 0 unspecified atom stereocenters. The second-order valence-electron chi connectivity index (χ2n) is 4.28. The fourth-order valence-electron chi connectivity index (χ4n) is 1.76. The Bertz CT molecular complexity index is 465. The number of carbonyl (C=O) groups is 2. The van der Waals surface area contributed by atoms with Crippen molar-refractivity contribution in [2.45, 2.75) is 25.8 Å². The summed E-state index contributed by atoms with van der Waals surface area (Å²) in [6.07, 6.45) is 3.10. The van der Waals surface area contributed by atoms with Crippen LogP contribution >= 0.6 is 11.8 Å². The van der Waals surface area contributed by atoms with Crippen LogP contribution in [-0.4, -0.2) is 35.2 Å². The minimum atomic E-state index is -1.02. The molecule has 2 amide bonds. The van der Waals surface area contributed by atoms with E-state index >= 15 is 0 Å². The van der Waals surface area contributed by atoms with Gasteiger partial charge in [-0.15, -0.1) is 0 Å². The maximum atomic E-state index is 11.9. The first-order chi connectivity index (χ1) is 9.58. The first kappa shape index (κ1) is 16.4. The third kappa shape index (κ3) is 5.13. The highest BCUT2D eigenvalue weighted by molar-refractivity contribution is 7.98. The second-order valence-corrected chi connectivity index (χ2v) is 5.27. The fourth-order valence-corrected chi connectivity index (χ4v) is 2.23. The molecular weight excluding hydrogens is 276 g/mol. The summed E-state index contributed by atoms with van der Waals surface area (Å²) in [6, 6.07) is 6.11. The highest BCUT2D eigenvalue weighted by Crippen LogP contribution is 2.15. The Morgan fingerprint density at radius 1 is 1.35 bits per heavy atom. The van der Waals surface area contributed by atoms with Crippen molar-refractivity contribution < 1.29 is 14.7 Å². The van der Waals surface area contributed by atoms with E-state index in [1.807, 2.05) is 31.4 Å². The maximum absolute atomic E-state index is 11.9. The van der Waals surface area contributed by atoms with Crippen molar-refractivity contribution in [3.63, 3.8) is 0 Å². The lowest BCUT2D eigenvalue weighted by atomic mass is 10.1. The molecule has 0 heterocycles. The maximum Gasteiger partial charge on any atom is 0.326 e. The number of thioether (sulfide) groups is 1. The summed E-state index contributed by atoms with van der Waals surface area (Å²) in [6.45, 7) is 2.00. The average Bonchev–Trinajstić information content (AvgIpc) is 2.43. The molecule has 0 fully saturated rings. The number of carboxylic acids is 1. The van der Waals surface area contributed by atoms with Gasteiger partial charge in [-0.1, -0.05) is 25.1 Å². The zero-order valence-corrected chi connectivity index (χ0v) is 12.5. The van der Waals surface area contributed by atoms with Crippen LogP contribution in [-0.2, 0) is 11.2 Å². The number of urea groups is 1. The standard InChI is InChI=1S/C14H20N2O3S/c1-3-10-6-4-5-7-11(10)15-14(19)16-12(13(17)18)8-9-20-2/h4-7,12H,3,8-9H2,1-2H3,(H,17,18)(H2,15,16,19)/t12-/m0/s1. The van der Waals surface area contributed by atoms with Crippen LogP contribution in [0.5, 0.6) is 0 Å². The average molecular weight is 296 g/mol. The third-order valence-electron chi connectivity index (χ3n) is 2.86. The zero-order valence-electron chi connectivity index (χ0n) is 11.7. The summed E-state index contributed by atoms with van der Waals surface area (Å²) in [4.78, 5) is 22.9. The van der Waals surface area contributed by atoms with Crippen molar-refractivity contribution in [3.05, 3.63) is 29.8 Å². The zero-order chi connectivity index (χ0) is 15.0. The molecular formula is C14H20N2O3S. The molecule has 1 aromatic carbocycles. The van der Waals surface area contributed by atoms with E-state index in [1.54, 1.807) is 17.8 Å². The van der Waals surface area contributed by atoms with Crippen molar-refractivity contribution in [1.29, 1.82) is 0 Å². The molecule has 110 valence electrons. The minimum Gasteiger partial charge on any atom is -0.480 e. The third-order valence-corrected chi connectivity index (χ3v) is 3.50. The van der Waals surface area contributed by atoms with Crippen molar-refractivity contribution in [1.82, 2.24) is 5.32 Å². The van der Waals surface area contributed by atoms with Gasteiger partial charge in [-0.2, -0.15) is 11.8 Å².